The van der Waals surface area contributed by atoms with Crippen LogP contribution < -0.4 is 5.32 Å². The van der Waals surface area contributed by atoms with E-state index in [0.717, 1.165) is 40.2 Å². The van der Waals surface area contributed by atoms with Crippen LogP contribution >= 0.6 is 0 Å². The molecular weight excluding hydrogens is 264 g/mol. The van der Waals surface area contributed by atoms with Crippen molar-refractivity contribution in [2.75, 3.05) is 27.3 Å². The van der Waals surface area contributed by atoms with Gasteiger partial charge in [0, 0.05) is 25.4 Å². The molecule has 1 rings (SSSR count). The Hall–Kier alpha value is -2.05. The summed E-state index contributed by atoms with van der Waals surface area (Å²) in [7, 11) is 2.27. The Morgan fingerprint density at radius 1 is 1.05 bits per heavy atom. The van der Waals surface area contributed by atoms with E-state index in [9.17, 15) is 14.4 Å². The molecule has 7 nitrogen and oxygen atoms in total. The van der Waals surface area contributed by atoms with Crippen molar-refractivity contribution in [2.45, 2.75) is 25.3 Å². The highest BCUT2D eigenvalue weighted by atomic mass is 16.5. The van der Waals surface area contributed by atoms with Crippen LogP contribution in [0.1, 0.15) is 19.3 Å². The van der Waals surface area contributed by atoms with E-state index in [1.54, 1.807) is 6.20 Å². The monoisotopic (exact) mass is 284 g/mol. The van der Waals surface area contributed by atoms with E-state index >= 15 is 0 Å². The maximum Gasteiger partial charge on any atom is 0.340 e. The molecular formula is C13H20N2O5. The maximum atomic E-state index is 11.7. The van der Waals surface area contributed by atoms with Gasteiger partial charge in [0.15, 0.2) is 0 Å². The van der Waals surface area contributed by atoms with Crippen LogP contribution in [0.15, 0.2) is 12.3 Å². The molecule has 1 aliphatic rings. The van der Waals surface area contributed by atoms with E-state index in [-0.39, 0.29) is 0 Å². The minimum atomic E-state index is -1.44. The normalized spacial score (nSPS) is 15.2. The molecule has 1 heterocycles. The summed E-state index contributed by atoms with van der Waals surface area (Å²) in [5.41, 5.74) is 0. The fourth-order valence-electron chi connectivity index (χ4n) is 1.88. The van der Waals surface area contributed by atoms with Gasteiger partial charge in [-0.2, -0.15) is 0 Å². The second-order valence-corrected chi connectivity index (χ2v) is 4.40. The van der Waals surface area contributed by atoms with Crippen molar-refractivity contribution in [3.05, 3.63) is 12.3 Å². The molecule has 0 spiro atoms. The molecule has 0 aromatic heterocycles. The third-order valence-electron chi connectivity index (χ3n) is 2.99. The summed E-state index contributed by atoms with van der Waals surface area (Å²) in [6.07, 6.45) is 6.35. The standard InChI is InChI=1S/C13H20N2O5/c1-19-12(17)11(13(18)20-2)14-10(16)6-9-15-7-4-3-5-8-15/h6,9,11H,3-5,7-8H2,1-2H3,(H,14,16). The lowest BCUT2D eigenvalue weighted by Gasteiger charge is -2.24. The van der Waals surface area contributed by atoms with E-state index in [1.807, 2.05) is 4.90 Å². The van der Waals surface area contributed by atoms with Crippen molar-refractivity contribution in [3.63, 3.8) is 0 Å². The van der Waals surface area contributed by atoms with Crippen molar-refractivity contribution in [2.24, 2.45) is 0 Å². The average Bonchev–Trinajstić information content (AvgIpc) is 2.50. The fraction of sp³-hybridized carbons (Fsp3) is 0.615. The number of carbonyl (C=O) groups excluding carboxylic acids is 3. The Balaban J connectivity index is 2.54. The summed E-state index contributed by atoms with van der Waals surface area (Å²) in [4.78, 5) is 36.5. The number of methoxy groups -OCH3 is 2. The Bertz CT molecular complexity index is 372. The van der Waals surface area contributed by atoms with Gasteiger partial charge in [-0.15, -0.1) is 0 Å². The SMILES string of the molecule is COC(=O)C(NC(=O)C=CN1CCCCC1)C(=O)OC. The third-order valence-corrected chi connectivity index (χ3v) is 2.99. The van der Waals surface area contributed by atoms with Gasteiger partial charge in [-0.1, -0.05) is 0 Å². The van der Waals surface area contributed by atoms with Gasteiger partial charge in [-0.3, -0.25) is 4.79 Å². The predicted molar refractivity (Wildman–Crippen MR) is 70.5 cm³/mol. The highest BCUT2D eigenvalue weighted by Gasteiger charge is 2.29. The van der Waals surface area contributed by atoms with Crippen LogP contribution in [0.3, 0.4) is 0 Å². The Labute approximate surface area is 117 Å². The van der Waals surface area contributed by atoms with Crippen LogP contribution in [0, 0.1) is 0 Å². The Morgan fingerprint density at radius 3 is 2.10 bits per heavy atom. The number of carbonyl (C=O) groups is 3. The number of hydrogen-bond donors (Lipinski definition) is 1. The first-order chi connectivity index (χ1) is 9.58. The number of hydrogen-bond acceptors (Lipinski definition) is 6. The summed E-state index contributed by atoms with van der Waals surface area (Å²) in [5, 5.41) is 2.26. The molecule has 1 N–H and O–H groups in total. The van der Waals surface area contributed by atoms with E-state index in [0.29, 0.717) is 0 Å². The smallest absolute Gasteiger partial charge is 0.340 e. The predicted octanol–water partition coefficient (Wildman–Crippen LogP) is -0.183. The lowest BCUT2D eigenvalue weighted by Crippen LogP contribution is -2.47. The number of ether oxygens (including phenoxy) is 2. The fourth-order valence-corrected chi connectivity index (χ4v) is 1.88. The van der Waals surface area contributed by atoms with Crippen LogP contribution in [0.5, 0.6) is 0 Å². The minimum Gasteiger partial charge on any atom is -0.467 e. The van der Waals surface area contributed by atoms with Crippen LogP contribution in [-0.4, -0.2) is 56.1 Å². The largest absolute Gasteiger partial charge is 0.467 e. The second-order valence-electron chi connectivity index (χ2n) is 4.40. The lowest BCUT2D eigenvalue weighted by atomic mass is 10.1. The van der Waals surface area contributed by atoms with Gasteiger partial charge >= 0.3 is 11.9 Å². The van der Waals surface area contributed by atoms with Crippen LogP contribution in [0.2, 0.25) is 0 Å². The molecule has 0 bridgehead atoms. The molecule has 0 aromatic carbocycles. The van der Waals surface area contributed by atoms with Gasteiger partial charge < -0.3 is 19.7 Å². The summed E-state index contributed by atoms with van der Waals surface area (Å²) in [6, 6.07) is -1.44. The minimum absolute atomic E-state index is 0.545. The molecule has 0 radical (unpaired) electrons. The average molecular weight is 284 g/mol. The van der Waals surface area contributed by atoms with Crippen LogP contribution in [0.4, 0.5) is 0 Å². The molecule has 112 valence electrons. The van der Waals surface area contributed by atoms with E-state index in [1.165, 1.54) is 12.5 Å². The Kier molecular flexibility index (Phi) is 6.55. The number of esters is 2. The quantitative estimate of drug-likeness (QED) is 0.428. The van der Waals surface area contributed by atoms with Gasteiger partial charge in [-0.05, 0) is 19.3 Å². The molecule has 20 heavy (non-hydrogen) atoms. The summed E-state index contributed by atoms with van der Waals surface area (Å²) in [6.45, 7) is 1.81. The summed E-state index contributed by atoms with van der Waals surface area (Å²) < 4.78 is 8.88. The molecule has 0 aliphatic carbocycles. The van der Waals surface area contributed by atoms with E-state index < -0.39 is 23.9 Å². The first-order valence-corrected chi connectivity index (χ1v) is 6.47. The topological polar surface area (TPSA) is 84.9 Å². The number of likely N-dealkylation sites (tertiary alicyclic amines) is 1. The van der Waals surface area contributed by atoms with Gasteiger partial charge in [0.05, 0.1) is 14.2 Å². The second kappa shape index (κ2) is 8.19. The number of piperidine rings is 1. The molecule has 1 fully saturated rings. The molecule has 0 aromatic rings. The van der Waals surface area contributed by atoms with Crippen molar-refractivity contribution < 1.29 is 23.9 Å². The molecule has 0 unspecified atom stereocenters. The summed E-state index contributed by atoms with van der Waals surface area (Å²) >= 11 is 0. The van der Waals surface area contributed by atoms with Crippen LogP contribution in [0.25, 0.3) is 0 Å². The van der Waals surface area contributed by atoms with Crippen molar-refractivity contribution in [1.29, 1.82) is 0 Å². The van der Waals surface area contributed by atoms with Gasteiger partial charge in [0.25, 0.3) is 0 Å². The first-order valence-electron chi connectivity index (χ1n) is 6.47. The number of nitrogens with zero attached hydrogens (tertiary/aromatic N) is 1. The number of nitrogens with one attached hydrogen (secondary N) is 1. The van der Waals surface area contributed by atoms with Crippen molar-refractivity contribution >= 4 is 17.8 Å². The molecule has 1 amide bonds. The van der Waals surface area contributed by atoms with E-state index in [2.05, 4.69) is 14.8 Å². The van der Waals surface area contributed by atoms with Gasteiger partial charge in [0.1, 0.15) is 0 Å². The molecule has 7 heteroatoms. The van der Waals surface area contributed by atoms with Crippen molar-refractivity contribution in [3.8, 4) is 0 Å². The highest BCUT2D eigenvalue weighted by molar-refractivity contribution is 6.03. The zero-order valence-electron chi connectivity index (χ0n) is 11.8. The van der Waals surface area contributed by atoms with Gasteiger partial charge in [0.2, 0.25) is 11.9 Å². The number of amides is 1. The number of rotatable bonds is 5. The van der Waals surface area contributed by atoms with Crippen molar-refractivity contribution in [1.82, 2.24) is 10.2 Å². The first kappa shape index (κ1) is 16.0. The van der Waals surface area contributed by atoms with Gasteiger partial charge in [-0.25, -0.2) is 9.59 Å². The highest BCUT2D eigenvalue weighted by Crippen LogP contribution is 2.08. The van der Waals surface area contributed by atoms with Crippen LogP contribution in [-0.2, 0) is 23.9 Å². The molecule has 0 saturated carbocycles. The third kappa shape index (κ3) is 4.91. The van der Waals surface area contributed by atoms with E-state index in [4.69, 9.17) is 0 Å². The molecule has 1 aliphatic heterocycles. The molecule has 0 atom stereocenters. The lowest BCUT2D eigenvalue weighted by molar-refractivity contribution is -0.156. The summed E-state index contributed by atoms with van der Waals surface area (Å²) in [5.74, 6) is -2.27. The maximum absolute atomic E-state index is 11.7. The zero-order valence-corrected chi connectivity index (χ0v) is 11.8. The zero-order chi connectivity index (χ0) is 15.0. The molecule has 1 saturated heterocycles. The Morgan fingerprint density at radius 2 is 1.60 bits per heavy atom.